The van der Waals surface area contributed by atoms with E-state index in [1.807, 2.05) is 0 Å². The molecule has 1 fully saturated rings. The number of fused-ring (bicyclic) bond motifs is 1. The predicted molar refractivity (Wildman–Crippen MR) is 106 cm³/mol. The summed E-state index contributed by atoms with van der Waals surface area (Å²) < 4.78 is 19.0. The average molecular weight is 385 g/mol. The molecule has 1 amide bonds. The Bertz CT molecular complexity index is 885. The molecular formula is C20H24FN5O2. The molecule has 2 aliphatic rings. The van der Waals surface area contributed by atoms with Crippen LogP contribution >= 0.6 is 0 Å². The van der Waals surface area contributed by atoms with Gasteiger partial charge in [0, 0.05) is 32.1 Å². The van der Waals surface area contributed by atoms with Crippen LogP contribution in [0.4, 0.5) is 27.5 Å². The maximum Gasteiger partial charge on any atom is 0.229 e. The van der Waals surface area contributed by atoms with Crippen LogP contribution in [0.15, 0.2) is 24.4 Å². The third-order valence-corrected chi connectivity index (χ3v) is 5.50. The van der Waals surface area contributed by atoms with Gasteiger partial charge in [-0.05, 0) is 25.0 Å². The van der Waals surface area contributed by atoms with Crippen molar-refractivity contribution in [2.75, 3.05) is 35.8 Å². The second-order valence-corrected chi connectivity index (χ2v) is 7.21. The fourth-order valence-corrected chi connectivity index (χ4v) is 3.97. The zero-order chi connectivity index (χ0) is 19.7. The molecule has 0 bridgehead atoms. The van der Waals surface area contributed by atoms with Gasteiger partial charge in [-0.2, -0.15) is 4.98 Å². The molecule has 1 aromatic carbocycles. The Kier molecular flexibility index (Phi) is 5.02. The summed E-state index contributed by atoms with van der Waals surface area (Å²) in [6.07, 6.45) is 6.68. The Morgan fingerprint density at radius 1 is 1.29 bits per heavy atom. The molecule has 28 heavy (non-hydrogen) atoms. The second-order valence-electron chi connectivity index (χ2n) is 7.21. The van der Waals surface area contributed by atoms with Crippen molar-refractivity contribution in [3.63, 3.8) is 0 Å². The van der Waals surface area contributed by atoms with E-state index in [9.17, 15) is 9.18 Å². The number of benzene rings is 1. The number of hydrogen-bond acceptors (Lipinski definition) is 6. The van der Waals surface area contributed by atoms with E-state index in [-0.39, 0.29) is 11.7 Å². The predicted octanol–water partition coefficient (Wildman–Crippen LogP) is 3.48. The number of hydrogen-bond donors (Lipinski definition) is 1. The summed E-state index contributed by atoms with van der Waals surface area (Å²) in [7, 11) is 3.28. The summed E-state index contributed by atoms with van der Waals surface area (Å²) in [5.74, 6) is 1.26. The van der Waals surface area contributed by atoms with E-state index >= 15 is 0 Å². The average Bonchev–Trinajstić information content (AvgIpc) is 3.19. The van der Waals surface area contributed by atoms with Gasteiger partial charge in [0.05, 0.1) is 19.0 Å². The topological polar surface area (TPSA) is 70.6 Å². The zero-order valence-corrected chi connectivity index (χ0v) is 16.1. The third kappa shape index (κ3) is 3.46. The number of carbonyl (C=O) groups is 1. The van der Waals surface area contributed by atoms with Gasteiger partial charge < -0.3 is 19.9 Å². The Labute approximate surface area is 163 Å². The van der Waals surface area contributed by atoms with Crippen LogP contribution in [0.25, 0.3) is 0 Å². The Morgan fingerprint density at radius 3 is 2.82 bits per heavy atom. The summed E-state index contributed by atoms with van der Waals surface area (Å²) in [4.78, 5) is 25.3. The lowest BCUT2D eigenvalue weighted by Gasteiger charge is -2.30. The molecule has 0 unspecified atom stereocenters. The largest absolute Gasteiger partial charge is 0.495 e. The minimum absolute atomic E-state index is 0.0536. The van der Waals surface area contributed by atoms with E-state index in [2.05, 4.69) is 15.2 Å². The van der Waals surface area contributed by atoms with Crippen molar-refractivity contribution in [1.29, 1.82) is 0 Å². The van der Waals surface area contributed by atoms with Crippen molar-refractivity contribution in [3.05, 3.63) is 30.2 Å². The summed E-state index contributed by atoms with van der Waals surface area (Å²) in [6, 6.07) is 4.62. The highest BCUT2D eigenvalue weighted by Crippen LogP contribution is 2.36. The number of aromatic nitrogens is 2. The Morgan fingerprint density at radius 2 is 2.07 bits per heavy atom. The summed E-state index contributed by atoms with van der Waals surface area (Å²) in [5.41, 5.74) is 1.15. The van der Waals surface area contributed by atoms with E-state index in [0.29, 0.717) is 42.1 Å². The number of amides is 1. The second kappa shape index (κ2) is 7.61. The number of carbonyl (C=O) groups excluding carboxylic acids is 1. The molecule has 2 heterocycles. The number of methoxy groups -OCH3 is 1. The SMILES string of the molecule is COc1ccc(F)cc1Nc1ncc2c(n1)N(C1CCCC1)CCC(=O)N2C. The molecule has 0 atom stereocenters. The van der Waals surface area contributed by atoms with Gasteiger partial charge in [-0.3, -0.25) is 4.79 Å². The van der Waals surface area contributed by atoms with E-state index in [1.165, 1.54) is 32.1 Å². The number of rotatable bonds is 4. The van der Waals surface area contributed by atoms with Crippen LogP contribution in [0.1, 0.15) is 32.1 Å². The Balaban J connectivity index is 1.72. The summed E-state index contributed by atoms with van der Waals surface area (Å²) in [5, 5.41) is 3.05. The van der Waals surface area contributed by atoms with Gasteiger partial charge in [-0.1, -0.05) is 12.8 Å². The smallest absolute Gasteiger partial charge is 0.229 e. The maximum absolute atomic E-state index is 13.7. The molecule has 2 aromatic rings. The van der Waals surface area contributed by atoms with Gasteiger partial charge in [0.1, 0.15) is 17.3 Å². The number of nitrogens with one attached hydrogen (secondary N) is 1. The zero-order valence-electron chi connectivity index (χ0n) is 16.1. The number of ether oxygens (including phenoxy) is 1. The molecule has 8 heteroatoms. The minimum atomic E-state index is -0.379. The van der Waals surface area contributed by atoms with Crippen molar-refractivity contribution in [2.45, 2.75) is 38.1 Å². The molecule has 4 rings (SSSR count). The minimum Gasteiger partial charge on any atom is -0.495 e. The van der Waals surface area contributed by atoms with Gasteiger partial charge in [0.25, 0.3) is 0 Å². The molecular weight excluding hydrogens is 361 g/mol. The first-order chi connectivity index (χ1) is 13.6. The number of anilines is 4. The lowest BCUT2D eigenvalue weighted by Crippen LogP contribution is -2.34. The quantitative estimate of drug-likeness (QED) is 0.869. The molecule has 1 saturated carbocycles. The van der Waals surface area contributed by atoms with Gasteiger partial charge in [-0.15, -0.1) is 0 Å². The lowest BCUT2D eigenvalue weighted by molar-refractivity contribution is -0.118. The molecule has 0 saturated heterocycles. The van der Waals surface area contributed by atoms with Crippen LogP contribution in [0.2, 0.25) is 0 Å². The Hall–Kier alpha value is -2.90. The molecule has 148 valence electrons. The first-order valence-electron chi connectivity index (χ1n) is 9.57. The molecule has 0 radical (unpaired) electrons. The standard InChI is InChI=1S/C20H24FN5O2/c1-25-16-12-22-20(23-15-11-13(21)7-8-17(15)28-2)24-19(16)26(10-9-18(25)27)14-5-3-4-6-14/h7-8,11-12,14H,3-6,9-10H2,1-2H3,(H,22,23,24). The van der Waals surface area contributed by atoms with Gasteiger partial charge in [0.2, 0.25) is 11.9 Å². The van der Waals surface area contributed by atoms with Crippen molar-refractivity contribution in [2.24, 2.45) is 0 Å². The number of halogens is 1. The van der Waals surface area contributed by atoms with Crippen molar-refractivity contribution >= 4 is 29.0 Å². The van der Waals surface area contributed by atoms with Crippen LogP contribution in [-0.2, 0) is 4.79 Å². The summed E-state index contributed by atoms with van der Waals surface area (Å²) >= 11 is 0. The summed E-state index contributed by atoms with van der Waals surface area (Å²) in [6.45, 7) is 0.639. The van der Waals surface area contributed by atoms with E-state index < -0.39 is 0 Å². The highest BCUT2D eigenvalue weighted by Gasteiger charge is 2.31. The first-order valence-corrected chi connectivity index (χ1v) is 9.57. The van der Waals surface area contributed by atoms with Crippen LogP contribution < -0.4 is 19.9 Å². The lowest BCUT2D eigenvalue weighted by atomic mass is 10.2. The first kappa shape index (κ1) is 18.5. The van der Waals surface area contributed by atoms with Crippen LogP contribution in [0.3, 0.4) is 0 Å². The van der Waals surface area contributed by atoms with Crippen molar-refractivity contribution in [1.82, 2.24) is 9.97 Å². The van der Waals surface area contributed by atoms with Gasteiger partial charge in [0.15, 0.2) is 5.82 Å². The highest BCUT2D eigenvalue weighted by molar-refractivity contribution is 5.97. The maximum atomic E-state index is 13.7. The fraction of sp³-hybridized carbons (Fsp3) is 0.450. The van der Waals surface area contributed by atoms with Gasteiger partial charge in [-0.25, -0.2) is 9.37 Å². The van der Waals surface area contributed by atoms with Crippen molar-refractivity contribution in [3.8, 4) is 5.75 Å². The molecule has 1 aromatic heterocycles. The molecule has 7 nitrogen and oxygen atoms in total. The van der Waals surface area contributed by atoms with Crippen molar-refractivity contribution < 1.29 is 13.9 Å². The highest BCUT2D eigenvalue weighted by atomic mass is 19.1. The van der Waals surface area contributed by atoms with E-state index in [0.717, 1.165) is 18.7 Å². The van der Waals surface area contributed by atoms with Crippen LogP contribution in [0, 0.1) is 5.82 Å². The van der Waals surface area contributed by atoms with E-state index in [4.69, 9.17) is 9.72 Å². The fourth-order valence-electron chi connectivity index (χ4n) is 3.97. The monoisotopic (exact) mass is 385 g/mol. The molecule has 1 aliphatic heterocycles. The van der Waals surface area contributed by atoms with Crippen LogP contribution in [-0.4, -0.2) is 42.6 Å². The van der Waals surface area contributed by atoms with Gasteiger partial charge >= 0.3 is 0 Å². The van der Waals surface area contributed by atoms with Crippen LogP contribution in [0.5, 0.6) is 5.75 Å². The molecule has 1 N–H and O–H groups in total. The molecule has 1 aliphatic carbocycles. The molecule has 0 spiro atoms. The number of nitrogens with zero attached hydrogens (tertiary/aromatic N) is 4. The normalized spacial score (nSPS) is 17.5. The third-order valence-electron chi connectivity index (χ3n) is 5.50. The van der Waals surface area contributed by atoms with E-state index in [1.54, 1.807) is 24.2 Å².